The third-order valence-corrected chi connectivity index (χ3v) is 2.34. The zero-order valence-corrected chi connectivity index (χ0v) is 9.96. The second-order valence-corrected chi connectivity index (χ2v) is 3.71. The lowest BCUT2D eigenvalue weighted by atomic mass is 10.3. The molecule has 0 aliphatic heterocycles. The Kier molecular flexibility index (Phi) is 3.47. The summed E-state index contributed by atoms with van der Waals surface area (Å²) in [6, 6.07) is 8.74. The van der Waals surface area contributed by atoms with Crippen LogP contribution < -0.4 is 15.8 Å². The van der Waals surface area contributed by atoms with E-state index in [0.717, 1.165) is 5.75 Å². The highest BCUT2D eigenvalue weighted by Gasteiger charge is 2.04. The summed E-state index contributed by atoms with van der Waals surface area (Å²) in [5.74, 6) is 0.975. The molecule has 0 atom stereocenters. The molecule has 0 unspecified atom stereocenters. The number of benzene rings is 1. The molecule has 1 amide bonds. The van der Waals surface area contributed by atoms with Crippen molar-refractivity contribution in [3.63, 3.8) is 0 Å². The minimum Gasteiger partial charge on any atom is -0.497 e. The van der Waals surface area contributed by atoms with Gasteiger partial charge in [0.25, 0.3) is 0 Å². The van der Waals surface area contributed by atoms with Crippen molar-refractivity contribution in [1.82, 2.24) is 9.78 Å². The van der Waals surface area contributed by atoms with Gasteiger partial charge in [-0.25, -0.2) is 0 Å². The summed E-state index contributed by atoms with van der Waals surface area (Å²) in [4.78, 5) is 11.7. The van der Waals surface area contributed by atoms with Gasteiger partial charge in [0.05, 0.1) is 7.11 Å². The Labute approximate surface area is 104 Å². The number of nitrogens with one attached hydrogen (secondary N) is 1. The Morgan fingerprint density at radius 1 is 1.39 bits per heavy atom. The van der Waals surface area contributed by atoms with Crippen LogP contribution in [0.5, 0.6) is 5.75 Å². The first-order chi connectivity index (χ1) is 8.67. The first kappa shape index (κ1) is 12.0. The second kappa shape index (κ2) is 5.22. The van der Waals surface area contributed by atoms with Gasteiger partial charge in [-0.2, -0.15) is 5.10 Å². The third kappa shape index (κ3) is 3.00. The van der Waals surface area contributed by atoms with E-state index in [1.165, 1.54) is 4.68 Å². The number of carbonyl (C=O) groups is 1. The molecule has 0 radical (unpaired) electrons. The highest BCUT2D eigenvalue weighted by atomic mass is 16.5. The monoisotopic (exact) mass is 246 g/mol. The molecule has 94 valence electrons. The van der Waals surface area contributed by atoms with Crippen molar-refractivity contribution in [2.24, 2.45) is 0 Å². The average molecular weight is 246 g/mol. The lowest BCUT2D eigenvalue weighted by molar-refractivity contribution is -0.116. The molecule has 0 aliphatic rings. The van der Waals surface area contributed by atoms with Gasteiger partial charge < -0.3 is 15.8 Å². The van der Waals surface area contributed by atoms with Crippen molar-refractivity contribution in [1.29, 1.82) is 0 Å². The fourth-order valence-electron chi connectivity index (χ4n) is 1.49. The molecule has 1 aromatic heterocycles. The molecule has 0 spiro atoms. The maximum Gasteiger partial charge on any atom is 0.246 e. The second-order valence-electron chi connectivity index (χ2n) is 3.71. The van der Waals surface area contributed by atoms with Gasteiger partial charge in [-0.1, -0.05) is 0 Å². The van der Waals surface area contributed by atoms with Crippen LogP contribution in [-0.2, 0) is 11.3 Å². The summed E-state index contributed by atoms with van der Waals surface area (Å²) in [5, 5.41) is 6.69. The van der Waals surface area contributed by atoms with Crippen molar-refractivity contribution in [2.45, 2.75) is 6.54 Å². The molecule has 6 heteroatoms. The number of ether oxygens (including phenoxy) is 1. The number of rotatable bonds is 4. The zero-order chi connectivity index (χ0) is 13.0. The number of nitrogen functional groups attached to an aromatic ring is 1. The maximum atomic E-state index is 11.7. The number of anilines is 2. The van der Waals surface area contributed by atoms with Crippen LogP contribution in [0.3, 0.4) is 0 Å². The zero-order valence-electron chi connectivity index (χ0n) is 9.96. The summed E-state index contributed by atoms with van der Waals surface area (Å²) >= 11 is 0. The third-order valence-electron chi connectivity index (χ3n) is 2.34. The highest BCUT2D eigenvalue weighted by Crippen LogP contribution is 2.14. The Morgan fingerprint density at radius 3 is 2.67 bits per heavy atom. The van der Waals surface area contributed by atoms with Gasteiger partial charge in [0.2, 0.25) is 5.91 Å². The van der Waals surface area contributed by atoms with E-state index in [1.807, 2.05) is 0 Å². The highest BCUT2D eigenvalue weighted by molar-refractivity contribution is 5.90. The Morgan fingerprint density at radius 2 is 2.11 bits per heavy atom. The van der Waals surface area contributed by atoms with Gasteiger partial charge in [0, 0.05) is 11.9 Å². The average Bonchev–Trinajstić information content (AvgIpc) is 2.75. The van der Waals surface area contributed by atoms with Crippen LogP contribution in [0.4, 0.5) is 11.5 Å². The predicted octanol–water partition coefficient (Wildman–Crippen LogP) is 1.11. The van der Waals surface area contributed by atoms with Crippen LogP contribution in [0.25, 0.3) is 0 Å². The van der Waals surface area contributed by atoms with Crippen LogP contribution >= 0.6 is 0 Å². The van der Waals surface area contributed by atoms with Gasteiger partial charge in [0.1, 0.15) is 18.1 Å². The van der Waals surface area contributed by atoms with E-state index < -0.39 is 0 Å². The fraction of sp³-hybridized carbons (Fsp3) is 0.167. The molecule has 1 aromatic carbocycles. The number of hydrogen-bond donors (Lipinski definition) is 2. The summed E-state index contributed by atoms with van der Waals surface area (Å²) in [6.07, 6.45) is 1.66. The fourth-order valence-corrected chi connectivity index (χ4v) is 1.49. The SMILES string of the molecule is COc1ccc(NC(=O)Cn2ccc(N)n2)cc1. The molecular formula is C12H14N4O2. The molecule has 18 heavy (non-hydrogen) atoms. The molecule has 2 aromatic rings. The van der Waals surface area contributed by atoms with Crippen LogP contribution in [0.1, 0.15) is 0 Å². The van der Waals surface area contributed by atoms with Crippen molar-refractivity contribution < 1.29 is 9.53 Å². The Balaban J connectivity index is 1.94. The molecule has 0 aliphatic carbocycles. The summed E-state index contributed by atoms with van der Waals surface area (Å²) < 4.78 is 6.51. The first-order valence-corrected chi connectivity index (χ1v) is 5.40. The van der Waals surface area contributed by atoms with E-state index in [0.29, 0.717) is 11.5 Å². The number of nitrogens with zero attached hydrogens (tertiary/aromatic N) is 2. The van der Waals surface area contributed by atoms with Crippen molar-refractivity contribution in [3.8, 4) is 5.75 Å². The van der Waals surface area contributed by atoms with E-state index in [9.17, 15) is 4.79 Å². The van der Waals surface area contributed by atoms with Crippen molar-refractivity contribution in [3.05, 3.63) is 36.5 Å². The minimum absolute atomic E-state index is 0.128. The van der Waals surface area contributed by atoms with E-state index in [2.05, 4.69) is 10.4 Å². The van der Waals surface area contributed by atoms with E-state index >= 15 is 0 Å². The van der Waals surface area contributed by atoms with Crippen LogP contribution in [0, 0.1) is 0 Å². The van der Waals surface area contributed by atoms with Gasteiger partial charge in [-0.05, 0) is 30.3 Å². The maximum absolute atomic E-state index is 11.7. The van der Waals surface area contributed by atoms with E-state index in [-0.39, 0.29) is 12.5 Å². The van der Waals surface area contributed by atoms with Gasteiger partial charge >= 0.3 is 0 Å². The normalized spacial score (nSPS) is 10.1. The van der Waals surface area contributed by atoms with Gasteiger partial charge in [-0.3, -0.25) is 9.48 Å². The largest absolute Gasteiger partial charge is 0.497 e. The molecule has 0 saturated carbocycles. The summed E-state index contributed by atoms with van der Waals surface area (Å²) in [5.41, 5.74) is 6.17. The standard InChI is InChI=1S/C12H14N4O2/c1-18-10-4-2-9(3-5-10)14-12(17)8-16-7-6-11(13)15-16/h2-7H,8H2,1H3,(H2,13,15)(H,14,17). The molecule has 0 saturated heterocycles. The van der Waals surface area contributed by atoms with Crippen LogP contribution in [0.15, 0.2) is 36.5 Å². The smallest absolute Gasteiger partial charge is 0.246 e. The van der Waals surface area contributed by atoms with Crippen molar-refractivity contribution >= 4 is 17.4 Å². The van der Waals surface area contributed by atoms with E-state index in [4.69, 9.17) is 10.5 Å². The lowest BCUT2D eigenvalue weighted by Gasteiger charge is -2.06. The number of carbonyl (C=O) groups excluding carboxylic acids is 1. The van der Waals surface area contributed by atoms with Crippen LogP contribution in [0.2, 0.25) is 0 Å². The first-order valence-electron chi connectivity index (χ1n) is 5.40. The molecule has 2 rings (SSSR count). The number of aromatic nitrogens is 2. The molecule has 1 heterocycles. The van der Waals surface area contributed by atoms with Gasteiger partial charge in [-0.15, -0.1) is 0 Å². The van der Waals surface area contributed by atoms with E-state index in [1.54, 1.807) is 43.6 Å². The minimum atomic E-state index is -0.164. The number of methoxy groups -OCH3 is 1. The van der Waals surface area contributed by atoms with Crippen molar-refractivity contribution in [2.75, 3.05) is 18.2 Å². The summed E-state index contributed by atoms with van der Waals surface area (Å²) in [7, 11) is 1.59. The Hall–Kier alpha value is -2.50. The molecular weight excluding hydrogens is 232 g/mol. The molecule has 0 fully saturated rings. The Bertz CT molecular complexity index is 533. The lowest BCUT2D eigenvalue weighted by Crippen LogP contribution is -2.19. The number of amides is 1. The molecule has 0 bridgehead atoms. The quantitative estimate of drug-likeness (QED) is 0.846. The molecule has 6 nitrogen and oxygen atoms in total. The topological polar surface area (TPSA) is 82.2 Å². The molecule has 3 N–H and O–H groups in total. The van der Waals surface area contributed by atoms with Gasteiger partial charge in [0.15, 0.2) is 0 Å². The number of nitrogens with two attached hydrogens (primary N) is 1. The number of hydrogen-bond acceptors (Lipinski definition) is 4. The predicted molar refractivity (Wildman–Crippen MR) is 68.3 cm³/mol. The summed E-state index contributed by atoms with van der Waals surface area (Å²) in [6.45, 7) is 0.128. The van der Waals surface area contributed by atoms with Crippen LogP contribution in [-0.4, -0.2) is 22.8 Å².